The average Bonchev–Trinajstić information content (AvgIpc) is 2.87. The Balaban J connectivity index is 1.77. The van der Waals surface area contributed by atoms with E-state index >= 15 is 0 Å². The second-order valence-corrected chi connectivity index (χ2v) is 4.71. The first kappa shape index (κ1) is 11.9. The van der Waals surface area contributed by atoms with Crippen LogP contribution in [0.3, 0.4) is 0 Å². The third kappa shape index (κ3) is 2.50. The van der Waals surface area contributed by atoms with Crippen LogP contribution in [0.1, 0.15) is 18.6 Å². The molecule has 19 heavy (non-hydrogen) atoms. The molecular formula is C14H15N3O2. The van der Waals surface area contributed by atoms with E-state index in [4.69, 9.17) is 4.42 Å². The van der Waals surface area contributed by atoms with Gasteiger partial charge >= 0.3 is 0 Å². The van der Waals surface area contributed by atoms with Crippen LogP contribution in [0, 0.1) is 6.92 Å². The highest BCUT2D eigenvalue weighted by molar-refractivity contribution is 5.80. The van der Waals surface area contributed by atoms with Crippen LogP contribution in [-0.2, 0) is 4.79 Å². The fourth-order valence-electron chi connectivity index (χ4n) is 2.18. The van der Waals surface area contributed by atoms with Crippen LogP contribution < -0.4 is 4.90 Å². The van der Waals surface area contributed by atoms with Crippen LogP contribution >= 0.6 is 0 Å². The highest BCUT2D eigenvalue weighted by Crippen LogP contribution is 2.21. The molecule has 0 atom stereocenters. The van der Waals surface area contributed by atoms with Gasteiger partial charge < -0.3 is 9.32 Å². The van der Waals surface area contributed by atoms with E-state index in [0.29, 0.717) is 18.6 Å². The summed E-state index contributed by atoms with van der Waals surface area (Å²) in [6.07, 6.45) is 1.20. The van der Waals surface area contributed by atoms with Crippen molar-refractivity contribution in [1.82, 2.24) is 10.2 Å². The lowest BCUT2D eigenvalue weighted by atomic mass is 10.1. The van der Waals surface area contributed by atoms with Crippen molar-refractivity contribution in [2.45, 2.75) is 19.8 Å². The summed E-state index contributed by atoms with van der Waals surface area (Å²) in [5.41, 5.74) is 0.727. The first-order valence-electron chi connectivity index (χ1n) is 6.39. The number of hydrogen-bond donors (Lipinski definition) is 0. The largest absolute Gasteiger partial charge is 0.460 e. The number of anilines is 1. The van der Waals surface area contributed by atoms with Crippen LogP contribution in [0.5, 0.6) is 0 Å². The zero-order chi connectivity index (χ0) is 13.2. The van der Waals surface area contributed by atoms with E-state index in [-0.39, 0.29) is 0 Å². The minimum Gasteiger partial charge on any atom is -0.460 e. The van der Waals surface area contributed by atoms with Gasteiger partial charge in [-0.1, -0.05) is 0 Å². The summed E-state index contributed by atoms with van der Waals surface area (Å²) in [5.74, 6) is 2.73. The number of aromatic nitrogens is 2. The van der Waals surface area contributed by atoms with Gasteiger partial charge in [0.25, 0.3) is 0 Å². The van der Waals surface area contributed by atoms with Crippen LogP contribution in [0.2, 0.25) is 0 Å². The minimum atomic E-state index is 0.326. The van der Waals surface area contributed by atoms with E-state index in [9.17, 15) is 4.79 Å². The Labute approximate surface area is 111 Å². The summed E-state index contributed by atoms with van der Waals surface area (Å²) in [7, 11) is 0. The predicted octanol–water partition coefficient (Wildman–Crippen LogP) is 2.21. The van der Waals surface area contributed by atoms with Crippen LogP contribution in [-0.4, -0.2) is 29.1 Å². The highest BCUT2D eigenvalue weighted by Gasteiger charge is 2.17. The third-order valence-corrected chi connectivity index (χ3v) is 3.29. The number of aryl methyl sites for hydroxylation is 1. The molecular weight excluding hydrogens is 242 g/mol. The van der Waals surface area contributed by atoms with Gasteiger partial charge in [0.2, 0.25) is 0 Å². The fourth-order valence-corrected chi connectivity index (χ4v) is 2.18. The highest BCUT2D eigenvalue weighted by atomic mass is 16.3. The van der Waals surface area contributed by atoms with E-state index in [0.717, 1.165) is 36.1 Å². The van der Waals surface area contributed by atoms with Gasteiger partial charge in [-0.3, -0.25) is 4.79 Å². The molecule has 98 valence electrons. The van der Waals surface area contributed by atoms with Gasteiger partial charge in [0.05, 0.1) is 0 Å². The number of Topliss-reactive ketones (excluding diaryl/α,β-unsaturated/α-hetero) is 1. The van der Waals surface area contributed by atoms with Gasteiger partial charge in [0, 0.05) is 25.9 Å². The molecule has 0 bridgehead atoms. The Morgan fingerprint density at radius 2 is 1.89 bits per heavy atom. The van der Waals surface area contributed by atoms with Crippen molar-refractivity contribution in [2.75, 3.05) is 18.0 Å². The molecule has 1 saturated heterocycles. The summed E-state index contributed by atoms with van der Waals surface area (Å²) >= 11 is 0. The van der Waals surface area contributed by atoms with Crippen LogP contribution in [0.25, 0.3) is 11.5 Å². The number of nitrogens with zero attached hydrogens (tertiary/aromatic N) is 3. The molecule has 0 spiro atoms. The molecule has 0 aromatic carbocycles. The number of ketones is 1. The monoisotopic (exact) mass is 257 g/mol. The number of carbonyl (C=O) groups is 1. The second kappa shape index (κ2) is 4.84. The summed E-state index contributed by atoms with van der Waals surface area (Å²) in [6, 6.07) is 7.62. The molecule has 1 fully saturated rings. The van der Waals surface area contributed by atoms with Crippen LogP contribution in [0.15, 0.2) is 28.7 Å². The molecule has 1 aliphatic heterocycles. The molecule has 0 amide bonds. The van der Waals surface area contributed by atoms with Gasteiger partial charge in [0.15, 0.2) is 11.6 Å². The first-order chi connectivity index (χ1) is 9.22. The maximum Gasteiger partial charge on any atom is 0.154 e. The quantitative estimate of drug-likeness (QED) is 0.825. The Morgan fingerprint density at radius 3 is 2.47 bits per heavy atom. The molecule has 2 aromatic heterocycles. The minimum absolute atomic E-state index is 0.326. The Kier molecular flexibility index (Phi) is 3.03. The van der Waals surface area contributed by atoms with Crippen molar-refractivity contribution >= 4 is 11.6 Å². The van der Waals surface area contributed by atoms with Crippen molar-refractivity contribution in [3.05, 3.63) is 30.0 Å². The van der Waals surface area contributed by atoms with Crippen molar-refractivity contribution in [3.8, 4) is 11.5 Å². The van der Waals surface area contributed by atoms with E-state index in [1.165, 1.54) is 0 Å². The molecule has 0 unspecified atom stereocenters. The average molecular weight is 257 g/mol. The van der Waals surface area contributed by atoms with Gasteiger partial charge in [0.1, 0.15) is 17.2 Å². The van der Waals surface area contributed by atoms with Gasteiger partial charge in [-0.25, -0.2) is 0 Å². The topological polar surface area (TPSA) is 59.2 Å². The lowest BCUT2D eigenvalue weighted by Gasteiger charge is -2.26. The normalized spacial score (nSPS) is 15.8. The number of rotatable bonds is 2. The SMILES string of the molecule is Cc1ccc(-c2ccc(N3CCC(=O)CC3)nn2)o1. The van der Waals surface area contributed by atoms with E-state index in [1.807, 2.05) is 31.2 Å². The van der Waals surface area contributed by atoms with Crippen molar-refractivity contribution in [1.29, 1.82) is 0 Å². The molecule has 2 aromatic rings. The van der Waals surface area contributed by atoms with Crippen molar-refractivity contribution in [2.24, 2.45) is 0 Å². The van der Waals surface area contributed by atoms with Crippen molar-refractivity contribution in [3.63, 3.8) is 0 Å². The Bertz CT molecular complexity index is 579. The summed E-state index contributed by atoms with van der Waals surface area (Å²) in [5, 5.41) is 8.40. The maximum atomic E-state index is 11.2. The van der Waals surface area contributed by atoms with Crippen LogP contribution in [0.4, 0.5) is 5.82 Å². The van der Waals surface area contributed by atoms with E-state index in [2.05, 4.69) is 15.1 Å². The first-order valence-corrected chi connectivity index (χ1v) is 6.39. The Morgan fingerprint density at radius 1 is 1.11 bits per heavy atom. The maximum absolute atomic E-state index is 11.2. The standard InChI is InChI=1S/C14H15N3O2/c1-10-2-4-13(19-10)12-3-5-14(16-15-12)17-8-6-11(18)7-9-17/h2-5H,6-9H2,1H3. The lowest BCUT2D eigenvalue weighted by Crippen LogP contribution is -2.34. The molecule has 1 aliphatic rings. The summed E-state index contributed by atoms with van der Waals surface area (Å²) < 4.78 is 5.51. The zero-order valence-electron chi connectivity index (χ0n) is 10.8. The van der Waals surface area contributed by atoms with Crippen molar-refractivity contribution < 1.29 is 9.21 Å². The molecule has 0 saturated carbocycles. The smallest absolute Gasteiger partial charge is 0.154 e. The zero-order valence-corrected chi connectivity index (χ0v) is 10.8. The third-order valence-electron chi connectivity index (χ3n) is 3.29. The summed E-state index contributed by atoms with van der Waals surface area (Å²) in [6.45, 7) is 3.36. The molecule has 5 nitrogen and oxygen atoms in total. The molecule has 3 rings (SSSR count). The van der Waals surface area contributed by atoms with E-state index < -0.39 is 0 Å². The lowest BCUT2D eigenvalue weighted by molar-refractivity contribution is -0.119. The molecule has 0 radical (unpaired) electrons. The van der Waals surface area contributed by atoms with Gasteiger partial charge in [-0.05, 0) is 31.2 Å². The number of piperidine rings is 1. The molecule has 0 N–H and O–H groups in total. The fraction of sp³-hybridized carbons (Fsp3) is 0.357. The second-order valence-electron chi connectivity index (χ2n) is 4.71. The van der Waals surface area contributed by atoms with Gasteiger partial charge in [-0.15, -0.1) is 10.2 Å². The Hall–Kier alpha value is -2.17. The number of carbonyl (C=O) groups excluding carboxylic acids is 1. The summed E-state index contributed by atoms with van der Waals surface area (Å²) in [4.78, 5) is 13.3. The number of hydrogen-bond acceptors (Lipinski definition) is 5. The number of furan rings is 1. The van der Waals surface area contributed by atoms with Gasteiger partial charge in [-0.2, -0.15) is 0 Å². The molecule has 5 heteroatoms. The predicted molar refractivity (Wildman–Crippen MR) is 70.9 cm³/mol. The molecule has 0 aliphatic carbocycles. The molecule has 3 heterocycles. The van der Waals surface area contributed by atoms with E-state index in [1.54, 1.807) is 0 Å².